The van der Waals surface area contributed by atoms with Gasteiger partial charge in [0.2, 0.25) is 0 Å². The number of esters is 3. The highest BCUT2D eigenvalue weighted by Gasteiger charge is 2.48. The molecule has 4 unspecified atom stereocenters. The van der Waals surface area contributed by atoms with Crippen LogP contribution in [0.15, 0.2) is 0 Å². The summed E-state index contributed by atoms with van der Waals surface area (Å²) in [5.74, 6) is -1.17. The van der Waals surface area contributed by atoms with Crippen LogP contribution < -0.4 is 0 Å². The highest BCUT2D eigenvalue weighted by Crippen LogP contribution is 2.39. The zero-order chi connectivity index (χ0) is 16.5. The number of carbonyl (C=O) groups is 3. The Morgan fingerprint density at radius 2 is 2.00 bits per heavy atom. The number of hydrogen-bond donors (Lipinski definition) is 0. The Morgan fingerprint density at radius 1 is 1.32 bits per heavy atom. The number of hydrogen-bond acceptors (Lipinski definition) is 6. The van der Waals surface area contributed by atoms with Crippen molar-refractivity contribution in [3.8, 4) is 0 Å². The van der Waals surface area contributed by atoms with Gasteiger partial charge >= 0.3 is 17.9 Å². The molecule has 124 valence electrons. The lowest BCUT2D eigenvalue weighted by Gasteiger charge is -2.29. The van der Waals surface area contributed by atoms with Gasteiger partial charge in [0.25, 0.3) is 0 Å². The minimum Gasteiger partial charge on any atom is -0.458 e. The molecule has 0 N–H and O–H groups in total. The number of ether oxygens (including phenoxy) is 3. The van der Waals surface area contributed by atoms with Crippen molar-refractivity contribution in [1.82, 2.24) is 0 Å². The Bertz CT molecular complexity index is 469. The molecule has 4 atom stereocenters. The van der Waals surface area contributed by atoms with Gasteiger partial charge in [-0.1, -0.05) is 13.8 Å². The fourth-order valence-corrected chi connectivity index (χ4v) is 2.80. The van der Waals surface area contributed by atoms with Crippen molar-refractivity contribution in [1.29, 1.82) is 0 Å². The van der Waals surface area contributed by atoms with E-state index in [4.69, 9.17) is 14.2 Å². The lowest BCUT2D eigenvalue weighted by molar-refractivity contribution is -0.172. The van der Waals surface area contributed by atoms with E-state index in [-0.39, 0.29) is 23.9 Å². The van der Waals surface area contributed by atoms with Gasteiger partial charge in [0.15, 0.2) is 6.61 Å². The van der Waals surface area contributed by atoms with E-state index in [1.807, 2.05) is 13.8 Å². The maximum atomic E-state index is 11.9. The average Bonchev–Trinajstić information content (AvgIpc) is 2.81. The Hall–Kier alpha value is -1.59. The predicted molar refractivity (Wildman–Crippen MR) is 76.7 cm³/mol. The molecule has 6 heteroatoms. The molecule has 1 aliphatic carbocycles. The molecule has 1 saturated heterocycles. The van der Waals surface area contributed by atoms with Crippen LogP contribution in [-0.4, -0.2) is 36.7 Å². The van der Waals surface area contributed by atoms with E-state index >= 15 is 0 Å². The third kappa shape index (κ3) is 3.42. The largest absolute Gasteiger partial charge is 0.458 e. The summed E-state index contributed by atoms with van der Waals surface area (Å²) in [6.45, 7) is 6.96. The zero-order valence-corrected chi connectivity index (χ0v) is 13.6. The van der Waals surface area contributed by atoms with E-state index in [9.17, 15) is 14.4 Å². The Morgan fingerprint density at radius 3 is 2.64 bits per heavy atom. The fraction of sp³-hybridized carbons (Fsp3) is 0.812. The van der Waals surface area contributed by atoms with E-state index in [1.54, 1.807) is 13.8 Å². The summed E-state index contributed by atoms with van der Waals surface area (Å²) in [4.78, 5) is 35.3. The molecule has 2 bridgehead atoms. The van der Waals surface area contributed by atoms with Gasteiger partial charge in [-0.25, -0.2) is 4.79 Å². The number of carbonyl (C=O) groups excluding carboxylic acids is 3. The zero-order valence-electron chi connectivity index (χ0n) is 13.6. The average molecular weight is 312 g/mol. The highest BCUT2D eigenvalue weighted by atomic mass is 16.6. The topological polar surface area (TPSA) is 78.9 Å². The van der Waals surface area contributed by atoms with Gasteiger partial charge < -0.3 is 14.2 Å². The summed E-state index contributed by atoms with van der Waals surface area (Å²) < 4.78 is 15.6. The Balaban J connectivity index is 1.83. The van der Waals surface area contributed by atoms with Gasteiger partial charge in [0.05, 0.1) is 11.3 Å². The predicted octanol–water partition coefficient (Wildman–Crippen LogP) is 1.85. The summed E-state index contributed by atoms with van der Waals surface area (Å²) in [5, 5.41) is 0. The molecule has 0 amide bonds. The second-order valence-electron chi connectivity index (χ2n) is 6.87. The molecule has 0 aromatic carbocycles. The van der Waals surface area contributed by atoms with Crippen LogP contribution in [0, 0.1) is 17.3 Å². The Labute approximate surface area is 130 Å². The van der Waals surface area contributed by atoms with Crippen LogP contribution in [0.2, 0.25) is 0 Å². The minimum absolute atomic E-state index is 0.0804. The first-order valence-corrected chi connectivity index (χ1v) is 7.81. The van der Waals surface area contributed by atoms with E-state index in [2.05, 4.69) is 0 Å². The summed E-state index contributed by atoms with van der Waals surface area (Å²) in [6.07, 6.45) is 1.02. The minimum atomic E-state index is -0.617. The molecule has 0 radical (unpaired) electrons. The lowest BCUT2D eigenvalue weighted by atomic mass is 9.80. The van der Waals surface area contributed by atoms with Crippen LogP contribution in [0.3, 0.4) is 0 Å². The van der Waals surface area contributed by atoms with Crippen LogP contribution >= 0.6 is 0 Å². The van der Waals surface area contributed by atoms with Crippen molar-refractivity contribution in [2.24, 2.45) is 17.3 Å². The van der Waals surface area contributed by atoms with Crippen molar-refractivity contribution in [2.45, 2.75) is 59.2 Å². The van der Waals surface area contributed by atoms with Crippen molar-refractivity contribution < 1.29 is 28.6 Å². The normalized spacial score (nSPS) is 30.6. The number of fused-ring (bicyclic) bond motifs is 2. The molecular weight excluding hydrogens is 288 g/mol. The van der Waals surface area contributed by atoms with E-state index in [0.29, 0.717) is 19.3 Å². The first-order chi connectivity index (χ1) is 10.2. The third-order valence-corrected chi connectivity index (χ3v) is 4.80. The standard InChI is InChI=1S/C16H24O6/c1-5-16(3,4)15(19)20-8-13(17)21-11-6-9(2)10-7-12(11)22-14(10)18/h9-12H,5-8H2,1-4H3. The first-order valence-electron chi connectivity index (χ1n) is 7.81. The smallest absolute Gasteiger partial charge is 0.344 e. The second-order valence-corrected chi connectivity index (χ2v) is 6.87. The maximum absolute atomic E-state index is 11.9. The monoisotopic (exact) mass is 312 g/mol. The molecule has 0 spiro atoms. The van der Waals surface area contributed by atoms with Crippen molar-refractivity contribution >= 4 is 17.9 Å². The number of rotatable bonds is 5. The lowest BCUT2D eigenvalue weighted by Crippen LogP contribution is -2.38. The first kappa shape index (κ1) is 16.8. The molecule has 0 aromatic heterocycles. The molecule has 2 fully saturated rings. The van der Waals surface area contributed by atoms with E-state index < -0.39 is 30.1 Å². The molecular formula is C16H24O6. The molecule has 1 heterocycles. The summed E-state index contributed by atoms with van der Waals surface area (Å²) in [5.41, 5.74) is -0.617. The maximum Gasteiger partial charge on any atom is 0.344 e. The highest BCUT2D eigenvalue weighted by molar-refractivity contribution is 5.80. The van der Waals surface area contributed by atoms with Gasteiger partial charge in [-0.2, -0.15) is 0 Å². The van der Waals surface area contributed by atoms with E-state index in [0.717, 1.165) is 0 Å². The quantitative estimate of drug-likeness (QED) is 0.569. The SMILES string of the molecule is CCC(C)(C)C(=O)OCC(=O)OC1CC(C)C2CC1OC2=O. The van der Waals surface area contributed by atoms with Crippen molar-refractivity contribution in [2.75, 3.05) is 6.61 Å². The Kier molecular flexibility index (Phi) is 4.78. The van der Waals surface area contributed by atoms with Crippen LogP contribution in [-0.2, 0) is 28.6 Å². The van der Waals surface area contributed by atoms with Crippen molar-refractivity contribution in [3.05, 3.63) is 0 Å². The molecule has 22 heavy (non-hydrogen) atoms. The van der Waals surface area contributed by atoms with Gasteiger partial charge in [-0.15, -0.1) is 0 Å². The van der Waals surface area contributed by atoms with Gasteiger partial charge in [-0.05, 0) is 32.6 Å². The van der Waals surface area contributed by atoms with Gasteiger partial charge in [-0.3, -0.25) is 9.59 Å². The summed E-state index contributed by atoms with van der Waals surface area (Å²) >= 11 is 0. The van der Waals surface area contributed by atoms with E-state index in [1.165, 1.54) is 0 Å². The molecule has 2 aliphatic rings. The van der Waals surface area contributed by atoms with Crippen LogP contribution in [0.25, 0.3) is 0 Å². The van der Waals surface area contributed by atoms with Gasteiger partial charge in [0, 0.05) is 6.42 Å². The molecule has 1 aliphatic heterocycles. The molecule has 0 aromatic rings. The fourth-order valence-electron chi connectivity index (χ4n) is 2.80. The van der Waals surface area contributed by atoms with Crippen LogP contribution in [0.5, 0.6) is 0 Å². The third-order valence-electron chi connectivity index (χ3n) is 4.80. The summed E-state index contributed by atoms with van der Waals surface area (Å²) in [6, 6.07) is 0. The summed E-state index contributed by atoms with van der Waals surface area (Å²) in [7, 11) is 0. The second kappa shape index (κ2) is 6.26. The molecule has 2 rings (SSSR count). The van der Waals surface area contributed by atoms with Gasteiger partial charge in [0.1, 0.15) is 12.2 Å². The van der Waals surface area contributed by atoms with Crippen molar-refractivity contribution in [3.63, 3.8) is 0 Å². The molecule has 6 nitrogen and oxygen atoms in total. The van der Waals surface area contributed by atoms with Crippen LogP contribution in [0.1, 0.15) is 47.0 Å². The van der Waals surface area contributed by atoms with Crippen LogP contribution in [0.4, 0.5) is 0 Å². The molecule has 1 saturated carbocycles.